The van der Waals surface area contributed by atoms with Gasteiger partial charge in [-0.1, -0.05) is 0 Å². The number of aromatic nitrogens is 3. The molecule has 1 aliphatic heterocycles. The molecule has 0 radical (unpaired) electrons. The van der Waals surface area contributed by atoms with Gasteiger partial charge in [-0.2, -0.15) is 0 Å². The summed E-state index contributed by atoms with van der Waals surface area (Å²) in [5, 5.41) is 6.93. The van der Waals surface area contributed by atoms with E-state index in [1.165, 1.54) is 13.4 Å². The molecule has 3 rings (SSSR count). The second-order valence-electron chi connectivity index (χ2n) is 8.30. The van der Waals surface area contributed by atoms with Crippen molar-refractivity contribution >= 4 is 18.0 Å². The van der Waals surface area contributed by atoms with E-state index in [-0.39, 0.29) is 18.0 Å². The molecule has 0 unspecified atom stereocenters. The van der Waals surface area contributed by atoms with Gasteiger partial charge in [0.05, 0.1) is 13.2 Å². The fourth-order valence-corrected chi connectivity index (χ4v) is 3.19. The highest BCUT2D eigenvalue weighted by atomic mass is 16.6. The number of esters is 1. The number of nitrogens with one attached hydrogen (secondary N) is 1. The molecule has 154 valence electrons. The molecule has 2 fully saturated rings. The Morgan fingerprint density at radius 1 is 1.29 bits per heavy atom. The summed E-state index contributed by atoms with van der Waals surface area (Å²) in [5.74, 6) is -0.980. The largest absolute Gasteiger partial charge is 0.467 e. The number of methoxy groups -OCH3 is 1. The van der Waals surface area contributed by atoms with Crippen LogP contribution in [0.1, 0.15) is 63.1 Å². The van der Waals surface area contributed by atoms with Crippen molar-refractivity contribution < 1.29 is 23.9 Å². The van der Waals surface area contributed by atoms with E-state index in [9.17, 15) is 14.4 Å². The summed E-state index contributed by atoms with van der Waals surface area (Å²) in [5.41, 5.74) is -1.50. The Morgan fingerprint density at radius 2 is 2.00 bits per heavy atom. The third-order valence-electron chi connectivity index (χ3n) is 4.81. The minimum atomic E-state index is -0.949. The molecular formula is C18H27N5O5. The fourth-order valence-electron chi connectivity index (χ4n) is 3.19. The second-order valence-corrected chi connectivity index (χ2v) is 8.30. The zero-order valence-corrected chi connectivity index (χ0v) is 16.7. The second kappa shape index (κ2) is 7.40. The van der Waals surface area contributed by atoms with Gasteiger partial charge in [-0.25, -0.2) is 19.3 Å². The molecule has 1 saturated heterocycles. The van der Waals surface area contributed by atoms with Crippen molar-refractivity contribution in [1.82, 2.24) is 25.0 Å². The fraction of sp³-hybridized carbons (Fsp3) is 0.722. The first-order valence-corrected chi connectivity index (χ1v) is 9.43. The Labute approximate surface area is 163 Å². The van der Waals surface area contributed by atoms with Crippen molar-refractivity contribution in [3.8, 4) is 0 Å². The zero-order valence-electron chi connectivity index (χ0n) is 16.7. The van der Waals surface area contributed by atoms with Crippen LogP contribution in [0.4, 0.5) is 4.79 Å². The highest BCUT2D eigenvalue weighted by Gasteiger charge is 2.53. The molecular weight excluding hydrogens is 366 g/mol. The van der Waals surface area contributed by atoms with Crippen molar-refractivity contribution in [2.75, 3.05) is 20.2 Å². The van der Waals surface area contributed by atoms with Crippen LogP contribution < -0.4 is 5.32 Å². The van der Waals surface area contributed by atoms with Crippen molar-refractivity contribution in [2.24, 2.45) is 0 Å². The topological polar surface area (TPSA) is 116 Å². The molecule has 2 amide bonds. The molecule has 28 heavy (non-hydrogen) atoms. The van der Waals surface area contributed by atoms with Crippen LogP contribution in [0.2, 0.25) is 0 Å². The predicted molar refractivity (Wildman–Crippen MR) is 97.5 cm³/mol. The lowest BCUT2D eigenvalue weighted by molar-refractivity contribution is -0.144. The average Bonchev–Trinajstić information content (AvgIpc) is 3.24. The molecule has 1 aliphatic carbocycles. The molecule has 0 bridgehead atoms. The number of rotatable bonds is 4. The molecule has 1 aromatic rings. The van der Waals surface area contributed by atoms with Gasteiger partial charge in [-0.15, -0.1) is 5.10 Å². The molecule has 1 N–H and O–H groups in total. The maximum Gasteiger partial charge on any atom is 0.410 e. The Morgan fingerprint density at radius 3 is 2.61 bits per heavy atom. The summed E-state index contributed by atoms with van der Waals surface area (Å²) in [6.45, 7) is 6.54. The van der Waals surface area contributed by atoms with Crippen LogP contribution in [0.25, 0.3) is 0 Å². The van der Waals surface area contributed by atoms with E-state index in [0.29, 0.717) is 25.9 Å². The molecule has 10 nitrogen and oxygen atoms in total. The monoisotopic (exact) mass is 393 g/mol. The summed E-state index contributed by atoms with van der Waals surface area (Å²) < 4.78 is 11.8. The molecule has 0 spiro atoms. The maximum atomic E-state index is 12.4. The van der Waals surface area contributed by atoms with Gasteiger partial charge in [-0.3, -0.25) is 4.79 Å². The summed E-state index contributed by atoms with van der Waals surface area (Å²) in [7, 11) is 1.29. The Kier molecular flexibility index (Phi) is 5.31. The van der Waals surface area contributed by atoms with Gasteiger partial charge in [0.1, 0.15) is 17.5 Å². The highest BCUT2D eigenvalue weighted by molar-refractivity contribution is 5.96. The van der Waals surface area contributed by atoms with Crippen LogP contribution >= 0.6 is 0 Å². The van der Waals surface area contributed by atoms with E-state index in [0.717, 1.165) is 12.8 Å². The average molecular weight is 393 g/mol. The van der Waals surface area contributed by atoms with E-state index in [1.54, 1.807) is 9.58 Å². The number of ether oxygens (including phenoxy) is 2. The first-order chi connectivity index (χ1) is 13.1. The number of amides is 2. The van der Waals surface area contributed by atoms with E-state index in [2.05, 4.69) is 15.4 Å². The van der Waals surface area contributed by atoms with Crippen molar-refractivity contribution in [1.29, 1.82) is 0 Å². The standard InChI is InChI=1S/C18H27N5O5/c1-17(2,3)28-16(26)22-9-5-6-12(10-22)23-11-19-13(21-23)14(24)20-18(7-8-18)15(25)27-4/h11-12H,5-10H2,1-4H3,(H,20,24)/t12-/m0/s1. The SMILES string of the molecule is COC(=O)C1(NC(=O)c2ncn([C@H]3CCCN(C(=O)OC(C)(C)C)C3)n2)CC1. The predicted octanol–water partition coefficient (Wildman–Crippen LogP) is 1.29. The van der Waals surface area contributed by atoms with Gasteiger partial charge in [0.2, 0.25) is 5.82 Å². The number of carbonyl (C=O) groups is 3. The van der Waals surface area contributed by atoms with E-state index < -0.39 is 23.0 Å². The molecule has 10 heteroatoms. The van der Waals surface area contributed by atoms with Crippen LogP contribution in [0, 0.1) is 0 Å². The molecule has 2 heterocycles. The zero-order chi connectivity index (χ0) is 20.5. The number of nitrogens with zero attached hydrogens (tertiary/aromatic N) is 4. The van der Waals surface area contributed by atoms with Gasteiger partial charge in [-0.05, 0) is 46.5 Å². The summed E-state index contributed by atoms with van der Waals surface area (Å²) >= 11 is 0. The van der Waals surface area contributed by atoms with Gasteiger partial charge >= 0.3 is 12.1 Å². The van der Waals surface area contributed by atoms with Crippen LogP contribution in [0.5, 0.6) is 0 Å². The lowest BCUT2D eigenvalue weighted by atomic mass is 10.1. The number of carbonyl (C=O) groups excluding carboxylic acids is 3. The van der Waals surface area contributed by atoms with Crippen LogP contribution in [-0.4, -0.2) is 69.0 Å². The third kappa shape index (κ3) is 4.42. The Bertz CT molecular complexity index is 765. The summed E-state index contributed by atoms with van der Waals surface area (Å²) in [4.78, 5) is 42.2. The lowest BCUT2D eigenvalue weighted by Gasteiger charge is -2.33. The number of hydrogen-bond donors (Lipinski definition) is 1. The van der Waals surface area contributed by atoms with Gasteiger partial charge < -0.3 is 19.7 Å². The summed E-state index contributed by atoms with van der Waals surface area (Å²) in [6, 6.07) is -0.0918. The smallest absolute Gasteiger partial charge is 0.410 e. The van der Waals surface area contributed by atoms with Crippen LogP contribution in [0.3, 0.4) is 0 Å². The normalized spacial score (nSPS) is 21.0. The highest BCUT2D eigenvalue weighted by Crippen LogP contribution is 2.36. The third-order valence-corrected chi connectivity index (χ3v) is 4.81. The van der Waals surface area contributed by atoms with E-state index in [1.807, 2.05) is 20.8 Å². The quantitative estimate of drug-likeness (QED) is 0.766. The van der Waals surface area contributed by atoms with E-state index in [4.69, 9.17) is 9.47 Å². The summed E-state index contributed by atoms with van der Waals surface area (Å²) in [6.07, 6.45) is 3.82. The van der Waals surface area contributed by atoms with Gasteiger partial charge in [0.25, 0.3) is 5.91 Å². The van der Waals surface area contributed by atoms with Crippen LogP contribution in [-0.2, 0) is 14.3 Å². The van der Waals surface area contributed by atoms with Gasteiger partial charge in [0.15, 0.2) is 0 Å². The van der Waals surface area contributed by atoms with Crippen molar-refractivity contribution in [2.45, 2.75) is 63.6 Å². The molecule has 0 aromatic carbocycles. The first-order valence-electron chi connectivity index (χ1n) is 9.43. The van der Waals surface area contributed by atoms with Crippen molar-refractivity contribution in [3.05, 3.63) is 12.2 Å². The minimum absolute atomic E-state index is 0.00966. The van der Waals surface area contributed by atoms with E-state index >= 15 is 0 Å². The Balaban J connectivity index is 1.62. The number of hydrogen-bond acceptors (Lipinski definition) is 7. The Hall–Kier alpha value is -2.65. The van der Waals surface area contributed by atoms with Crippen molar-refractivity contribution in [3.63, 3.8) is 0 Å². The maximum absolute atomic E-state index is 12.4. The number of piperidine rings is 1. The first kappa shape index (κ1) is 20.1. The van der Waals surface area contributed by atoms with Gasteiger partial charge in [0, 0.05) is 13.1 Å². The minimum Gasteiger partial charge on any atom is -0.467 e. The molecule has 1 atom stereocenters. The molecule has 2 aliphatic rings. The lowest BCUT2D eigenvalue weighted by Crippen LogP contribution is -2.44. The van der Waals surface area contributed by atoms with Crippen LogP contribution in [0.15, 0.2) is 6.33 Å². The molecule has 1 saturated carbocycles. The molecule has 1 aromatic heterocycles. The number of likely N-dealkylation sites (tertiary alicyclic amines) is 1.